The lowest BCUT2D eigenvalue weighted by Gasteiger charge is -2.24. The van der Waals surface area contributed by atoms with Crippen LogP contribution in [0, 0.1) is 5.92 Å². The summed E-state index contributed by atoms with van der Waals surface area (Å²) in [5.41, 5.74) is 1.07. The first-order valence-electron chi connectivity index (χ1n) is 6.46. The number of rotatable bonds is 6. The maximum atomic E-state index is 12.3. The fraction of sp³-hybridized carbons (Fsp3) is 0.500. The van der Waals surface area contributed by atoms with Gasteiger partial charge in [-0.1, -0.05) is 32.0 Å². The van der Waals surface area contributed by atoms with Gasteiger partial charge in [0.15, 0.2) is 6.23 Å². The molecule has 110 valence electrons. The Bertz CT molecular complexity index is 479. The summed E-state index contributed by atoms with van der Waals surface area (Å²) in [7, 11) is 0. The molecule has 1 aliphatic rings. The zero-order valence-corrected chi connectivity index (χ0v) is 11.4. The maximum absolute atomic E-state index is 12.3. The number of amides is 1. The highest BCUT2D eigenvalue weighted by Crippen LogP contribution is 2.34. The van der Waals surface area contributed by atoms with Gasteiger partial charge in [-0.3, -0.25) is 9.63 Å². The van der Waals surface area contributed by atoms with Gasteiger partial charge in [-0.2, -0.15) is 5.06 Å². The van der Waals surface area contributed by atoms with Gasteiger partial charge in [-0.05, 0) is 12.0 Å². The molecule has 1 aromatic rings. The number of halogens is 2. The van der Waals surface area contributed by atoms with E-state index in [-0.39, 0.29) is 5.92 Å². The van der Waals surface area contributed by atoms with Crippen LogP contribution in [0.5, 0.6) is 0 Å². The molecule has 4 nitrogen and oxygen atoms in total. The molecule has 20 heavy (non-hydrogen) atoms. The van der Waals surface area contributed by atoms with E-state index in [1.165, 1.54) is 0 Å². The van der Waals surface area contributed by atoms with Crippen molar-refractivity contribution in [3.63, 3.8) is 0 Å². The number of hydroxylamine groups is 2. The number of carbonyl (C=O) groups is 1. The first-order valence-corrected chi connectivity index (χ1v) is 6.46. The Morgan fingerprint density at radius 2 is 1.95 bits per heavy atom. The Balaban J connectivity index is 2.19. The summed E-state index contributed by atoms with van der Waals surface area (Å²) in [6.07, 6.45) is -3.41. The third-order valence-corrected chi connectivity index (χ3v) is 2.80. The van der Waals surface area contributed by atoms with Gasteiger partial charge in [-0.25, -0.2) is 8.78 Å². The average molecular weight is 285 g/mol. The van der Waals surface area contributed by atoms with Gasteiger partial charge < -0.3 is 4.74 Å². The van der Waals surface area contributed by atoms with Crippen molar-refractivity contribution < 1.29 is 23.1 Å². The summed E-state index contributed by atoms with van der Waals surface area (Å²) in [6.45, 7) is 3.50. The largest absolute Gasteiger partial charge is 0.351 e. The van der Waals surface area contributed by atoms with Crippen LogP contribution < -0.4 is 0 Å². The van der Waals surface area contributed by atoms with Crippen LogP contribution in [0.15, 0.2) is 24.3 Å². The number of hydrogen-bond acceptors (Lipinski definition) is 3. The Morgan fingerprint density at radius 1 is 1.25 bits per heavy atom. The summed E-state index contributed by atoms with van der Waals surface area (Å²) in [6, 6.07) is 6.86. The number of nitrogens with zero attached hydrogens (tertiary/aromatic N) is 1. The van der Waals surface area contributed by atoms with E-state index in [1.54, 1.807) is 24.3 Å². The minimum absolute atomic E-state index is 0.259. The van der Waals surface area contributed by atoms with Gasteiger partial charge in [0.25, 0.3) is 12.3 Å². The standard InChI is InChI=1S/C14H17F2NO3/c1-9(2)7-19-14-11-6-4-3-5-10(11)13(18)17(14)20-8-12(15)16/h3-6,9,12,14H,7-8H2,1-2H3. The summed E-state index contributed by atoms with van der Waals surface area (Å²) in [4.78, 5) is 17.1. The number of hydrogen-bond donors (Lipinski definition) is 0. The first-order chi connectivity index (χ1) is 9.50. The van der Waals surface area contributed by atoms with E-state index in [0.29, 0.717) is 17.7 Å². The molecule has 1 unspecified atom stereocenters. The zero-order valence-electron chi connectivity index (χ0n) is 11.4. The molecule has 1 aliphatic heterocycles. The Hall–Kier alpha value is -1.53. The van der Waals surface area contributed by atoms with E-state index in [9.17, 15) is 13.6 Å². The van der Waals surface area contributed by atoms with Crippen LogP contribution in [0.2, 0.25) is 0 Å². The number of ether oxygens (including phenoxy) is 1. The zero-order chi connectivity index (χ0) is 14.7. The molecule has 0 saturated carbocycles. The fourth-order valence-corrected chi connectivity index (χ4v) is 1.96. The second-order valence-corrected chi connectivity index (χ2v) is 4.98. The predicted molar refractivity (Wildman–Crippen MR) is 68.1 cm³/mol. The molecule has 0 N–H and O–H groups in total. The van der Waals surface area contributed by atoms with Crippen LogP contribution in [0.4, 0.5) is 8.78 Å². The van der Waals surface area contributed by atoms with Crippen LogP contribution in [-0.2, 0) is 9.57 Å². The van der Waals surface area contributed by atoms with Crippen LogP contribution in [0.1, 0.15) is 36.0 Å². The van der Waals surface area contributed by atoms with E-state index in [2.05, 4.69) is 0 Å². The Labute approximate surface area is 116 Å². The van der Waals surface area contributed by atoms with E-state index in [4.69, 9.17) is 9.57 Å². The van der Waals surface area contributed by atoms with Crippen molar-refractivity contribution in [2.45, 2.75) is 26.5 Å². The van der Waals surface area contributed by atoms with Crippen molar-refractivity contribution >= 4 is 5.91 Å². The third kappa shape index (κ3) is 3.13. The van der Waals surface area contributed by atoms with Crippen LogP contribution >= 0.6 is 0 Å². The Kier molecular flexibility index (Phi) is 4.67. The highest BCUT2D eigenvalue weighted by molar-refractivity contribution is 5.98. The van der Waals surface area contributed by atoms with Gasteiger partial charge in [-0.15, -0.1) is 0 Å². The molecule has 0 fully saturated rings. The first kappa shape index (κ1) is 14.9. The van der Waals surface area contributed by atoms with Crippen LogP contribution in [0.25, 0.3) is 0 Å². The van der Waals surface area contributed by atoms with Crippen molar-refractivity contribution in [1.82, 2.24) is 5.06 Å². The summed E-state index contributed by atoms with van der Waals surface area (Å²) in [5.74, 6) is -0.190. The molecule has 1 amide bonds. The van der Waals surface area contributed by atoms with E-state index in [1.807, 2.05) is 13.8 Å². The van der Waals surface area contributed by atoms with Crippen molar-refractivity contribution in [1.29, 1.82) is 0 Å². The highest BCUT2D eigenvalue weighted by Gasteiger charge is 2.39. The lowest BCUT2D eigenvalue weighted by atomic mass is 10.1. The maximum Gasteiger partial charge on any atom is 0.280 e. The van der Waals surface area contributed by atoms with Gasteiger partial charge in [0.2, 0.25) is 0 Å². The smallest absolute Gasteiger partial charge is 0.280 e. The third-order valence-electron chi connectivity index (χ3n) is 2.80. The molecular formula is C14H17F2NO3. The molecule has 2 rings (SSSR count). The Morgan fingerprint density at radius 3 is 2.60 bits per heavy atom. The van der Waals surface area contributed by atoms with Crippen LogP contribution in [-0.4, -0.2) is 30.6 Å². The molecule has 0 bridgehead atoms. The molecule has 1 aromatic carbocycles. The normalized spacial score (nSPS) is 18.2. The molecular weight excluding hydrogens is 268 g/mol. The van der Waals surface area contributed by atoms with Crippen molar-refractivity contribution in [3.05, 3.63) is 35.4 Å². The van der Waals surface area contributed by atoms with Crippen molar-refractivity contribution in [2.75, 3.05) is 13.2 Å². The fourth-order valence-electron chi connectivity index (χ4n) is 1.96. The van der Waals surface area contributed by atoms with Crippen LogP contribution in [0.3, 0.4) is 0 Å². The quantitative estimate of drug-likeness (QED) is 0.806. The minimum atomic E-state index is -2.64. The second-order valence-electron chi connectivity index (χ2n) is 4.98. The number of benzene rings is 1. The topological polar surface area (TPSA) is 38.8 Å². The van der Waals surface area contributed by atoms with Crippen molar-refractivity contribution in [2.24, 2.45) is 5.92 Å². The molecule has 0 spiro atoms. The highest BCUT2D eigenvalue weighted by atomic mass is 19.3. The summed E-state index contributed by atoms with van der Waals surface area (Å²) < 4.78 is 30.2. The average Bonchev–Trinajstić information content (AvgIpc) is 2.67. The number of carbonyl (C=O) groups excluding carboxylic acids is 1. The van der Waals surface area contributed by atoms with Gasteiger partial charge in [0, 0.05) is 11.1 Å². The van der Waals surface area contributed by atoms with E-state index < -0.39 is 25.2 Å². The number of fused-ring (bicyclic) bond motifs is 1. The number of alkyl halides is 2. The molecule has 1 atom stereocenters. The predicted octanol–water partition coefficient (Wildman–Crippen LogP) is 3.01. The lowest BCUT2D eigenvalue weighted by molar-refractivity contribution is -0.231. The van der Waals surface area contributed by atoms with E-state index >= 15 is 0 Å². The molecule has 0 aliphatic carbocycles. The monoisotopic (exact) mass is 285 g/mol. The lowest BCUT2D eigenvalue weighted by Crippen LogP contribution is -2.32. The molecule has 0 radical (unpaired) electrons. The van der Waals surface area contributed by atoms with Gasteiger partial charge in [0.05, 0.1) is 6.61 Å². The molecule has 0 saturated heterocycles. The van der Waals surface area contributed by atoms with E-state index in [0.717, 1.165) is 5.06 Å². The minimum Gasteiger partial charge on any atom is -0.351 e. The molecule has 1 heterocycles. The van der Waals surface area contributed by atoms with Gasteiger partial charge in [0.1, 0.15) is 6.61 Å². The van der Waals surface area contributed by atoms with Crippen molar-refractivity contribution in [3.8, 4) is 0 Å². The van der Waals surface area contributed by atoms with Gasteiger partial charge >= 0.3 is 0 Å². The molecule has 0 aromatic heterocycles. The summed E-state index contributed by atoms with van der Waals surface area (Å²) >= 11 is 0. The molecule has 6 heteroatoms. The second kappa shape index (κ2) is 6.28. The SMILES string of the molecule is CC(C)COC1c2ccccc2C(=O)N1OCC(F)F. The summed E-state index contributed by atoms with van der Waals surface area (Å²) in [5, 5.41) is 0.902.